The van der Waals surface area contributed by atoms with E-state index < -0.39 is 31.0 Å². The molecule has 0 N–H and O–H groups in total. The van der Waals surface area contributed by atoms with E-state index >= 15 is 0 Å². The van der Waals surface area contributed by atoms with Gasteiger partial charge in [0.25, 0.3) is 0 Å². The van der Waals surface area contributed by atoms with Gasteiger partial charge in [0.2, 0.25) is 6.17 Å². The van der Waals surface area contributed by atoms with Gasteiger partial charge in [-0.15, -0.1) is 0 Å². The molecule has 0 spiro atoms. The molecule has 70 valence electrons. The van der Waals surface area contributed by atoms with Gasteiger partial charge in [0.05, 0.1) is 0 Å². The van der Waals surface area contributed by atoms with E-state index in [1.807, 2.05) is 0 Å². The second-order valence-corrected chi connectivity index (χ2v) is 1.98. The summed E-state index contributed by atoms with van der Waals surface area (Å²) in [6.45, 7) is -0.773. The van der Waals surface area contributed by atoms with Crippen molar-refractivity contribution in [2.24, 2.45) is 0 Å². The minimum absolute atomic E-state index is 0.818. The summed E-state index contributed by atoms with van der Waals surface area (Å²) in [6, 6.07) is 0. The van der Waals surface area contributed by atoms with E-state index in [9.17, 15) is 22.8 Å². The van der Waals surface area contributed by atoms with E-state index in [4.69, 9.17) is 0 Å². The fourth-order valence-corrected chi connectivity index (χ4v) is 0.307. The zero-order chi connectivity index (χ0) is 9.72. The van der Waals surface area contributed by atoms with E-state index in [-0.39, 0.29) is 0 Å². The molecule has 6 heteroatoms. The summed E-state index contributed by atoms with van der Waals surface area (Å²) >= 11 is 0. The summed E-state index contributed by atoms with van der Waals surface area (Å²) in [5.41, 5.74) is 0. The van der Waals surface area contributed by atoms with Crippen molar-refractivity contribution in [2.75, 3.05) is 6.67 Å². The van der Waals surface area contributed by atoms with Crippen molar-refractivity contribution < 1.29 is 27.5 Å². The lowest BCUT2D eigenvalue weighted by Crippen LogP contribution is -2.27. The fourth-order valence-electron chi connectivity index (χ4n) is 0.307. The lowest BCUT2D eigenvalue weighted by Gasteiger charge is -2.03. The Kier molecular flexibility index (Phi) is 4.31. The van der Waals surface area contributed by atoms with Crippen LogP contribution in [0, 0.1) is 0 Å². The number of hydrogen-bond donors (Lipinski definition) is 0. The van der Waals surface area contributed by atoms with Gasteiger partial charge in [0.15, 0.2) is 6.17 Å². The molecular formula is C6H7F3O3. The van der Waals surface area contributed by atoms with Gasteiger partial charge >= 0.3 is 11.9 Å². The highest BCUT2D eigenvalue weighted by molar-refractivity contribution is 5.89. The molecule has 3 nitrogen and oxygen atoms in total. The van der Waals surface area contributed by atoms with Crippen molar-refractivity contribution in [3.63, 3.8) is 0 Å². The summed E-state index contributed by atoms with van der Waals surface area (Å²) in [6.07, 6.45) is -4.55. The topological polar surface area (TPSA) is 43.4 Å². The van der Waals surface area contributed by atoms with Crippen LogP contribution in [0.3, 0.4) is 0 Å². The number of carbonyl (C=O) groups is 2. The van der Waals surface area contributed by atoms with Crippen LogP contribution in [0.1, 0.15) is 6.92 Å². The van der Waals surface area contributed by atoms with Crippen molar-refractivity contribution in [3.8, 4) is 0 Å². The molecule has 0 aromatic rings. The third-order valence-electron chi connectivity index (χ3n) is 0.917. The first kappa shape index (κ1) is 10.9. The van der Waals surface area contributed by atoms with Gasteiger partial charge in [0, 0.05) is 0 Å². The van der Waals surface area contributed by atoms with Crippen LogP contribution in [-0.2, 0) is 14.3 Å². The average molecular weight is 184 g/mol. The molecule has 0 bridgehead atoms. The normalized spacial score (nSPS) is 15.0. The van der Waals surface area contributed by atoms with E-state index in [0.29, 0.717) is 0 Å². The summed E-state index contributed by atoms with van der Waals surface area (Å²) < 4.78 is 39.0. The highest BCUT2D eigenvalue weighted by Gasteiger charge is 2.24. The molecule has 0 aromatic heterocycles. The molecule has 0 radical (unpaired) electrons. The summed E-state index contributed by atoms with van der Waals surface area (Å²) in [4.78, 5) is 20.5. The van der Waals surface area contributed by atoms with Gasteiger partial charge in [-0.25, -0.2) is 22.8 Å². The van der Waals surface area contributed by atoms with Crippen LogP contribution in [0.15, 0.2) is 0 Å². The molecule has 0 saturated heterocycles. The largest absolute Gasteiger partial charge is 0.389 e. The van der Waals surface area contributed by atoms with E-state index in [1.54, 1.807) is 0 Å². The Morgan fingerprint density at radius 3 is 2.17 bits per heavy atom. The third-order valence-corrected chi connectivity index (χ3v) is 0.917. The van der Waals surface area contributed by atoms with Gasteiger partial charge in [-0.3, -0.25) is 0 Å². The van der Waals surface area contributed by atoms with Crippen LogP contribution in [0.5, 0.6) is 0 Å². The number of ether oxygens (including phenoxy) is 1. The van der Waals surface area contributed by atoms with E-state index in [1.165, 1.54) is 0 Å². The maximum absolute atomic E-state index is 12.0. The van der Waals surface area contributed by atoms with Crippen molar-refractivity contribution in [1.82, 2.24) is 0 Å². The fraction of sp³-hybridized carbons (Fsp3) is 0.667. The second-order valence-electron chi connectivity index (χ2n) is 1.98. The maximum Gasteiger partial charge on any atom is 0.351 e. The number of esters is 2. The van der Waals surface area contributed by atoms with Gasteiger partial charge in [0.1, 0.15) is 6.67 Å². The molecule has 0 fully saturated rings. The van der Waals surface area contributed by atoms with Crippen LogP contribution in [-0.4, -0.2) is 31.0 Å². The van der Waals surface area contributed by atoms with Crippen LogP contribution in [0.4, 0.5) is 13.2 Å². The SMILES string of the molecule is CC(F)C(=O)OC(=O)C(F)CF. The van der Waals surface area contributed by atoms with E-state index in [2.05, 4.69) is 4.74 Å². The lowest BCUT2D eigenvalue weighted by atomic mass is 10.4. The Balaban J connectivity index is 3.93. The Morgan fingerprint density at radius 1 is 1.33 bits per heavy atom. The molecule has 0 aliphatic heterocycles. The van der Waals surface area contributed by atoms with Crippen molar-refractivity contribution in [3.05, 3.63) is 0 Å². The molecule has 0 aromatic carbocycles. The van der Waals surface area contributed by atoms with Gasteiger partial charge in [-0.1, -0.05) is 0 Å². The van der Waals surface area contributed by atoms with Crippen LogP contribution in [0.25, 0.3) is 0 Å². The van der Waals surface area contributed by atoms with Crippen molar-refractivity contribution >= 4 is 11.9 Å². The van der Waals surface area contributed by atoms with Crippen molar-refractivity contribution in [2.45, 2.75) is 19.3 Å². The highest BCUT2D eigenvalue weighted by Crippen LogP contribution is 1.99. The molecule has 2 atom stereocenters. The summed E-state index contributed by atoms with van der Waals surface area (Å²) in [5.74, 6) is -3.22. The monoisotopic (exact) mass is 184 g/mol. The number of carbonyl (C=O) groups excluding carboxylic acids is 2. The molecule has 0 rings (SSSR count). The predicted octanol–water partition coefficient (Wildman–Crippen LogP) is 0.722. The van der Waals surface area contributed by atoms with E-state index in [0.717, 1.165) is 6.92 Å². The lowest BCUT2D eigenvalue weighted by molar-refractivity contribution is -0.166. The minimum atomic E-state index is -2.52. The van der Waals surface area contributed by atoms with Crippen molar-refractivity contribution in [1.29, 1.82) is 0 Å². The quantitative estimate of drug-likeness (QED) is 0.479. The molecular weight excluding hydrogens is 177 g/mol. The standard InChI is InChI=1S/C6H7F3O3/c1-3(8)5(10)12-6(11)4(9)2-7/h3-4H,2H2,1H3. The molecule has 0 heterocycles. The second kappa shape index (κ2) is 4.74. The number of rotatable bonds is 3. The molecule has 0 saturated carbocycles. The molecule has 0 aliphatic carbocycles. The minimum Gasteiger partial charge on any atom is -0.389 e. The first-order chi connectivity index (χ1) is 5.49. The van der Waals surface area contributed by atoms with Gasteiger partial charge in [-0.2, -0.15) is 0 Å². The van der Waals surface area contributed by atoms with Crippen LogP contribution < -0.4 is 0 Å². The smallest absolute Gasteiger partial charge is 0.351 e. The predicted molar refractivity (Wildman–Crippen MR) is 32.5 cm³/mol. The third kappa shape index (κ3) is 3.36. The molecule has 0 aliphatic rings. The zero-order valence-electron chi connectivity index (χ0n) is 6.22. The maximum atomic E-state index is 12.0. The number of alkyl halides is 3. The first-order valence-electron chi connectivity index (χ1n) is 3.08. The summed E-state index contributed by atoms with van der Waals surface area (Å²) in [7, 11) is 0. The molecule has 0 amide bonds. The Bertz CT molecular complexity index is 181. The molecule has 2 unspecified atom stereocenters. The Hall–Kier alpha value is -1.07. The Morgan fingerprint density at radius 2 is 1.83 bits per heavy atom. The number of halogens is 3. The van der Waals surface area contributed by atoms with Gasteiger partial charge in [-0.05, 0) is 6.92 Å². The van der Waals surface area contributed by atoms with Crippen LogP contribution in [0.2, 0.25) is 0 Å². The molecule has 12 heavy (non-hydrogen) atoms. The summed E-state index contributed by atoms with van der Waals surface area (Å²) in [5, 5.41) is 0. The average Bonchev–Trinajstić information content (AvgIpc) is 2.02. The zero-order valence-corrected chi connectivity index (χ0v) is 6.22. The Labute approximate surface area is 66.5 Å². The first-order valence-corrected chi connectivity index (χ1v) is 3.08. The van der Waals surface area contributed by atoms with Gasteiger partial charge < -0.3 is 4.74 Å². The van der Waals surface area contributed by atoms with Crippen LogP contribution >= 0.6 is 0 Å². The number of hydrogen-bond acceptors (Lipinski definition) is 3. The highest BCUT2D eigenvalue weighted by atomic mass is 19.2.